The molecule has 0 unspecified atom stereocenters. The van der Waals surface area contributed by atoms with Gasteiger partial charge in [0.05, 0.1) is 6.54 Å². The molecule has 5 heteroatoms. The summed E-state index contributed by atoms with van der Waals surface area (Å²) in [6.45, 7) is 2.05. The van der Waals surface area contributed by atoms with Crippen molar-refractivity contribution in [1.29, 1.82) is 0 Å². The minimum Gasteiger partial charge on any atom is -0.445 e. The molecule has 104 valence electrons. The lowest BCUT2D eigenvalue weighted by molar-refractivity contribution is 0.0265. The summed E-state index contributed by atoms with van der Waals surface area (Å²) in [5, 5.41) is 0. The summed E-state index contributed by atoms with van der Waals surface area (Å²) < 4.78 is 19.2. The first-order valence-corrected chi connectivity index (χ1v) is 6.39. The van der Waals surface area contributed by atoms with Crippen molar-refractivity contribution >= 4 is 6.09 Å². The molecule has 2 atom stereocenters. The van der Waals surface area contributed by atoms with Gasteiger partial charge in [-0.05, 0) is 18.9 Å². The molecule has 1 aromatic carbocycles. The maximum atomic E-state index is 14.1. The summed E-state index contributed by atoms with van der Waals surface area (Å²) in [5.41, 5.74) is 5.04. The molecule has 1 aliphatic heterocycles. The molecular weight excluding hydrogens is 247 g/mol. The first-order chi connectivity index (χ1) is 8.99. The second kappa shape index (κ2) is 5.57. The molecule has 0 saturated carbocycles. The van der Waals surface area contributed by atoms with Gasteiger partial charge in [-0.2, -0.15) is 0 Å². The number of benzene rings is 1. The molecule has 1 amide bonds. The fourth-order valence-corrected chi connectivity index (χ4v) is 2.13. The zero-order valence-corrected chi connectivity index (χ0v) is 11.0. The zero-order valence-electron chi connectivity index (χ0n) is 11.0. The normalized spacial score (nSPS) is 27.1. The molecular formula is C14H19FN2O2. The van der Waals surface area contributed by atoms with Gasteiger partial charge in [0, 0.05) is 12.6 Å². The fourth-order valence-electron chi connectivity index (χ4n) is 2.13. The third-order valence-corrected chi connectivity index (χ3v) is 3.45. The lowest BCUT2D eigenvalue weighted by Gasteiger charge is -2.38. The lowest BCUT2D eigenvalue weighted by Crippen LogP contribution is -2.57. The summed E-state index contributed by atoms with van der Waals surface area (Å²) >= 11 is 0. The van der Waals surface area contributed by atoms with Crippen LogP contribution in [0.3, 0.4) is 0 Å². The van der Waals surface area contributed by atoms with E-state index < -0.39 is 17.8 Å². The van der Waals surface area contributed by atoms with Crippen molar-refractivity contribution in [2.45, 2.75) is 31.7 Å². The Hall–Kier alpha value is -1.62. The first kappa shape index (κ1) is 13.8. The van der Waals surface area contributed by atoms with E-state index in [0.717, 1.165) is 5.56 Å². The summed E-state index contributed by atoms with van der Waals surface area (Å²) in [6.07, 6.45) is -0.0346. The maximum absolute atomic E-state index is 14.1. The molecule has 0 spiro atoms. The second-order valence-electron chi connectivity index (χ2n) is 5.13. The van der Waals surface area contributed by atoms with Gasteiger partial charge in [0.25, 0.3) is 0 Å². The average Bonchev–Trinajstić information content (AvgIpc) is 2.40. The van der Waals surface area contributed by atoms with Gasteiger partial charge in [0.15, 0.2) is 0 Å². The summed E-state index contributed by atoms with van der Waals surface area (Å²) in [6, 6.07) is 8.87. The Morgan fingerprint density at radius 3 is 2.84 bits per heavy atom. The van der Waals surface area contributed by atoms with E-state index in [1.807, 2.05) is 30.3 Å². The van der Waals surface area contributed by atoms with Crippen molar-refractivity contribution in [1.82, 2.24) is 4.90 Å². The Labute approximate surface area is 112 Å². The molecule has 19 heavy (non-hydrogen) atoms. The van der Waals surface area contributed by atoms with Crippen molar-refractivity contribution in [2.75, 3.05) is 13.1 Å². The number of carbonyl (C=O) groups is 1. The van der Waals surface area contributed by atoms with Crippen molar-refractivity contribution in [3.63, 3.8) is 0 Å². The third-order valence-electron chi connectivity index (χ3n) is 3.45. The Morgan fingerprint density at radius 2 is 2.21 bits per heavy atom. The van der Waals surface area contributed by atoms with Crippen molar-refractivity contribution < 1.29 is 13.9 Å². The van der Waals surface area contributed by atoms with Crippen molar-refractivity contribution in [3.8, 4) is 0 Å². The van der Waals surface area contributed by atoms with E-state index in [4.69, 9.17) is 10.5 Å². The van der Waals surface area contributed by atoms with E-state index >= 15 is 0 Å². The van der Waals surface area contributed by atoms with Gasteiger partial charge >= 0.3 is 6.09 Å². The van der Waals surface area contributed by atoms with Crippen molar-refractivity contribution in [2.24, 2.45) is 5.73 Å². The summed E-state index contributed by atoms with van der Waals surface area (Å²) in [4.78, 5) is 13.2. The van der Waals surface area contributed by atoms with Crippen LogP contribution < -0.4 is 5.73 Å². The fraction of sp³-hybridized carbons (Fsp3) is 0.500. The molecule has 2 N–H and O–H groups in total. The molecule has 1 fully saturated rings. The van der Waals surface area contributed by atoms with Gasteiger partial charge in [-0.3, -0.25) is 0 Å². The third kappa shape index (κ3) is 3.44. The molecule has 1 aromatic rings. The van der Waals surface area contributed by atoms with Crippen LogP contribution in [0.2, 0.25) is 0 Å². The van der Waals surface area contributed by atoms with Crippen LogP contribution in [0.15, 0.2) is 30.3 Å². The number of halogens is 1. The molecule has 0 aliphatic carbocycles. The van der Waals surface area contributed by atoms with E-state index in [9.17, 15) is 9.18 Å². The maximum Gasteiger partial charge on any atom is 0.410 e. The van der Waals surface area contributed by atoms with E-state index in [-0.39, 0.29) is 13.2 Å². The highest BCUT2D eigenvalue weighted by atomic mass is 19.1. The summed E-state index contributed by atoms with van der Waals surface area (Å²) in [5.74, 6) is 0. The largest absolute Gasteiger partial charge is 0.445 e. The topological polar surface area (TPSA) is 55.6 Å². The minimum absolute atomic E-state index is 0.0121. The minimum atomic E-state index is -1.55. The molecule has 2 rings (SSSR count). The van der Waals surface area contributed by atoms with Crippen LogP contribution in [-0.4, -0.2) is 35.8 Å². The van der Waals surface area contributed by atoms with Gasteiger partial charge in [0.2, 0.25) is 0 Å². The van der Waals surface area contributed by atoms with Crippen LogP contribution in [0.25, 0.3) is 0 Å². The molecule has 4 nitrogen and oxygen atoms in total. The number of amides is 1. The lowest BCUT2D eigenvalue weighted by atomic mass is 9.92. The smallest absolute Gasteiger partial charge is 0.410 e. The van der Waals surface area contributed by atoms with E-state index in [1.54, 1.807) is 0 Å². The van der Waals surface area contributed by atoms with Crippen LogP contribution in [0.5, 0.6) is 0 Å². The van der Waals surface area contributed by atoms with Crippen LogP contribution >= 0.6 is 0 Å². The van der Waals surface area contributed by atoms with Crippen molar-refractivity contribution in [3.05, 3.63) is 35.9 Å². The number of hydrogen-bond acceptors (Lipinski definition) is 3. The monoisotopic (exact) mass is 266 g/mol. The standard InChI is InChI=1S/C14H19FN2O2/c1-14(15)10-17(8-7-12(14)16)13(18)19-9-11-5-3-2-4-6-11/h2-6,12H,7-10,16H2,1H3/t12-,14+/m1/s1. The van der Waals surface area contributed by atoms with E-state index in [2.05, 4.69) is 0 Å². The number of ether oxygens (including phenoxy) is 1. The SMILES string of the molecule is C[C@]1(F)CN(C(=O)OCc2ccccc2)CC[C@H]1N. The number of alkyl halides is 1. The van der Waals surface area contributed by atoms with E-state index in [0.29, 0.717) is 13.0 Å². The highest BCUT2D eigenvalue weighted by Crippen LogP contribution is 2.24. The van der Waals surface area contributed by atoms with Crippen LogP contribution in [0.4, 0.5) is 9.18 Å². The Kier molecular flexibility index (Phi) is 4.04. The molecule has 1 saturated heterocycles. The number of nitrogens with zero attached hydrogens (tertiary/aromatic N) is 1. The first-order valence-electron chi connectivity index (χ1n) is 6.39. The Bertz CT molecular complexity index is 436. The highest BCUT2D eigenvalue weighted by molar-refractivity contribution is 5.68. The zero-order chi connectivity index (χ0) is 13.9. The van der Waals surface area contributed by atoms with Crippen LogP contribution in [-0.2, 0) is 11.3 Å². The van der Waals surface area contributed by atoms with Gasteiger partial charge in [-0.1, -0.05) is 30.3 Å². The van der Waals surface area contributed by atoms with Crippen LogP contribution in [0.1, 0.15) is 18.9 Å². The van der Waals surface area contributed by atoms with E-state index in [1.165, 1.54) is 11.8 Å². The number of likely N-dealkylation sites (tertiary alicyclic amines) is 1. The predicted molar refractivity (Wildman–Crippen MR) is 70.3 cm³/mol. The average molecular weight is 266 g/mol. The van der Waals surface area contributed by atoms with Gasteiger partial charge in [-0.25, -0.2) is 9.18 Å². The number of rotatable bonds is 2. The second-order valence-corrected chi connectivity index (χ2v) is 5.13. The number of carbonyl (C=O) groups excluding carboxylic acids is 1. The number of nitrogens with two attached hydrogens (primary N) is 1. The number of hydrogen-bond donors (Lipinski definition) is 1. The molecule has 1 aliphatic rings. The number of piperidine rings is 1. The predicted octanol–water partition coefficient (Wildman–Crippen LogP) is 2.08. The quantitative estimate of drug-likeness (QED) is 0.891. The molecule has 0 aromatic heterocycles. The molecule has 0 bridgehead atoms. The Balaban J connectivity index is 1.87. The summed E-state index contributed by atoms with van der Waals surface area (Å²) in [7, 11) is 0. The molecule has 0 radical (unpaired) electrons. The van der Waals surface area contributed by atoms with Gasteiger partial charge < -0.3 is 15.4 Å². The van der Waals surface area contributed by atoms with Crippen LogP contribution in [0, 0.1) is 0 Å². The highest BCUT2D eigenvalue weighted by Gasteiger charge is 2.39. The Morgan fingerprint density at radius 1 is 1.53 bits per heavy atom. The molecule has 1 heterocycles. The van der Waals surface area contributed by atoms with Gasteiger partial charge in [0.1, 0.15) is 12.3 Å². The van der Waals surface area contributed by atoms with Gasteiger partial charge in [-0.15, -0.1) is 0 Å².